The highest BCUT2D eigenvalue weighted by atomic mass is 19.1. The Hall–Kier alpha value is -1.35. The molecule has 2 aromatic rings. The van der Waals surface area contributed by atoms with Gasteiger partial charge in [0.25, 0.3) is 0 Å². The van der Waals surface area contributed by atoms with Crippen LogP contribution >= 0.6 is 0 Å². The van der Waals surface area contributed by atoms with Crippen molar-refractivity contribution in [2.24, 2.45) is 0 Å². The van der Waals surface area contributed by atoms with E-state index in [-0.39, 0.29) is 5.82 Å². The number of nitrogens with one attached hydrogen (secondary N) is 1. The fourth-order valence-corrected chi connectivity index (χ4v) is 1.97. The van der Waals surface area contributed by atoms with Crippen molar-refractivity contribution in [1.29, 1.82) is 0 Å². The molecule has 0 spiro atoms. The van der Waals surface area contributed by atoms with Gasteiger partial charge in [-0.2, -0.15) is 0 Å². The Kier molecular flexibility index (Phi) is 2.73. The van der Waals surface area contributed by atoms with Crippen molar-refractivity contribution in [1.82, 2.24) is 9.88 Å². The second-order valence-electron chi connectivity index (χ2n) is 3.61. The maximum atomic E-state index is 13.6. The summed E-state index contributed by atoms with van der Waals surface area (Å²) in [5.41, 5.74) is 1.86. The van der Waals surface area contributed by atoms with Gasteiger partial charge in [0.05, 0.1) is 5.52 Å². The molecular weight excluding hydrogens is 191 g/mol. The van der Waals surface area contributed by atoms with Crippen molar-refractivity contribution in [3.05, 3.63) is 35.8 Å². The molecule has 0 unspecified atom stereocenters. The lowest BCUT2D eigenvalue weighted by atomic mass is 10.2. The number of aromatic nitrogens is 1. The average Bonchev–Trinajstić information content (AvgIpc) is 2.59. The Morgan fingerprint density at radius 2 is 2.20 bits per heavy atom. The maximum Gasteiger partial charge on any atom is 0.147 e. The maximum absolute atomic E-state index is 13.6. The molecule has 1 aromatic carbocycles. The van der Waals surface area contributed by atoms with Gasteiger partial charge < -0.3 is 9.88 Å². The Morgan fingerprint density at radius 3 is 2.87 bits per heavy atom. The minimum atomic E-state index is -0.142. The van der Waals surface area contributed by atoms with E-state index in [0.29, 0.717) is 5.52 Å². The highest BCUT2D eigenvalue weighted by molar-refractivity contribution is 5.84. The van der Waals surface area contributed by atoms with Gasteiger partial charge in [0.15, 0.2) is 0 Å². The lowest BCUT2D eigenvalue weighted by Crippen LogP contribution is -2.04. The zero-order valence-electron chi connectivity index (χ0n) is 9.05. The Morgan fingerprint density at radius 1 is 1.40 bits per heavy atom. The predicted molar refractivity (Wildman–Crippen MR) is 60.3 cm³/mol. The molecule has 3 heteroatoms. The summed E-state index contributed by atoms with van der Waals surface area (Å²) in [7, 11) is 1.90. The van der Waals surface area contributed by atoms with Gasteiger partial charge in [0, 0.05) is 24.7 Å². The lowest BCUT2D eigenvalue weighted by Gasteiger charge is -2.00. The van der Waals surface area contributed by atoms with E-state index >= 15 is 0 Å². The third-order valence-electron chi connectivity index (χ3n) is 2.64. The lowest BCUT2D eigenvalue weighted by molar-refractivity contribution is 0.626. The summed E-state index contributed by atoms with van der Waals surface area (Å²) >= 11 is 0. The Balaban J connectivity index is 2.69. The van der Waals surface area contributed by atoms with E-state index < -0.39 is 0 Å². The molecule has 0 aliphatic rings. The topological polar surface area (TPSA) is 17.0 Å². The molecule has 0 aliphatic heterocycles. The molecule has 0 atom stereocenters. The fraction of sp³-hybridized carbons (Fsp3) is 0.333. The predicted octanol–water partition coefficient (Wildman–Crippen LogP) is 2.52. The molecule has 0 amide bonds. The van der Waals surface area contributed by atoms with Gasteiger partial charge in [-0.15, -0.1) is 0 Å². The molecule has 2 nitrogen and oxygen atoms in total. The zero-order chi connectivity index (χ0) is 10.8. The summed E-state index contributed by atoms with van der Waals surface area (Å²) in [5.74, 6) is -0.142. The van der Waals surface area contributed by atoms with Gasteiger partial charge in [-0.25, -0.2) is 4.39 Å². The summed E-state index contributed by atoms with van der Waals surface area (Å²) in [5, 5.41) is 4.10. The zero-order valence-corrected chi connectivity index (χ0v) is 9.05. The van der Waals surface area contributed by atoms with Gasteiger partial charge in [-0.1, -0.05) is 12.1 Å². The summed E-state index contributed by atoms with van der Waals surface area (Å²) in [6.45, 7) is 3.59. The van der Waals surface area contributed by atoms with Crippen LogP contribution in [0.1, 0.15) is 12.5 Å². The number of rotatable bonds is 3. The molecule has 1 N–H and O–H groups in total. The number of hydrogen-bond donors (Lipinski definition) is 1. The summed E-state index contributed by atoms with van der Waals surface area (Å²) in [4.78, 5) is 0. The Labute approximate surface area is 88.7 Å². The van der Waals surface area contributed by atoms with E-state index in [1.807, 2.05) is 30.8 Å². The molecule has 0 fully saturated rings. The van der Waals surface area contributed by atoms with Crippen molar-refractivity contribution in [3.63, 3.8) is 0 Å². The minimum absolute atomic E-state index is 0.142. The van der Waals surface area contributed by atoms with Crippen LogP contribution in [0.3, 0.4) is 0 Å². The first-order valence-corrected chi connectivity index (χ1v) is 5.18. The normalized spacial score (nSPS) is 11.1. The van der Waals surface area contributed by atoms with E-state index in [4.69, 9.17) is 0 Å². The van der Waals surface area contributed by atoms with Crippen LogP contribution in [0.4, 0.5) is 4.39 Å². The van der Waals surface area contributed by atoms with Crippen LogP contribution in [0.15, 0.2) is 24.4 Å². The highest BCUT2D eigenvalue weighted by Crippen LogP contribution is 2.23. The van der Waals surface area contributed by atoms with E-state index in [9.17, 15) is 4.39 Å². The quantitative estimate of drug-likeness (QED) is 0.816. The van der Waals surface area contributed by atoms with Gasteiger partial charge in [0.1, 0.15) is 5.82 Å². The SMILES string of the molecule is CCn1cc(CNC)c2cccc(F)c21. The van der Waals surface area contributed by atoms with Crippen LogP contribution in [0.2, 0.25) is 0 Å². The molecular formula is C12H15FN2. The Bertz CT molecular complexity index is 474. The van der Waals surface area contributed by atoms with Gasteiger partial charge >= 0.3 is 0 Å². The van der Waals surface area contributed by atoms with Crippen molar-refractivity contribution in [2.45, 2.75) is 20.0 Å². The van der Waals surface area contributed by atoms with Crippen LogP contribution in [-0.4, -0.2) is 11.6 Å². The first kappa shape index (κ1) is 10.2. The molecule has 1 heterocycles. The molecule has 0 bridgehead atoms. The third kappa shape index (κ3) is 1.63. The summed E-state index contributed by atoms with van der Waals surface area (Å²) in [6.07, 6.45) is 2.02. The van der Waals surface area contributed by atoms with Crippen LogP contribution in [0, 0.1) is 5.82 Å². The van der Waals surface area contributed by atoms with Gasteiger partial charge in [-0.3, -0.25) is 0 Å². The molecule has 0 aliphatic carbocycles. The van der Waals surface area contributed by atoms with Crippen LogP contribution in [0.5, 0.6) is 0 Å². The smallest absolute Gasteiger partial charge is 0.147 e. The molecule has 1 aromatic heterocycles. The number of aryl methyl sites for hydroxylation is 1. The van der Waals surface area contributed by atoms with Crippen molar-refractivity contribution < 1.29 is 4.39 Å². The fourth-order valence-electron chi connectivity index (χ4n) is 1.97. The molecule has 80 valence electrons. The molecule has 15 heavy (non-hydrogen) atoms. The number of benzene rings is 1. The first-order valence-electron chi connectivity index (χ1n) is 5.18. The monoisotopic (exact) mass is 206 g/mol. The largest absolute Gasteiger partial charge is 0.345 e. The van der Waals surface area contributed by atoms with Crippen LogP contribution in [0.25, 0.3) is 10.9 Å². The number of fused-ring (bicyclic) bond motifs is 1. The van der Waals surface area contributed by atoms with E-state index in [0.717, 1.165) is 24.0 Å². The second-order valence-corrected chi connectivity index (χ2v) is 3.61. The number of hydrogen-bond acceptors (Lipinski definition) is 1. The summed E-state index contributed by atoms with van der Waals surface area (Å²) < 4.78 is 15.6. The minimum Gasteiger partial charge on any atom is -0.345 e. The van der Waals surface area contributed by atoms with E-state index in [1.54, 1.807) is 6.07 Å². The molecule has 0 saturated carbocycles. The van der Waals surface area contributed by atoms with Gasteiger partial charge in [-0.05, 0) is 25.6 Å². The third-order valence-corrected chi connectivity index (χ3v) is 2.64. The van der Waals surface area contributed by atoms with Crippen molar-refractivity contribution >= 4 is 10.9 Å². The molecule has 0 radical (unpaired) electrons. The number of nitrogens with zero attached hydrogens (tertiary/aromatic N) is 1. The van der Waals surface area contributed by atoms with Crippen LogP contribution < -0.4 is 5.32 Å². The van der Waals surface area contributed by atoms with E-state index in [1.165, 1.54) is 6.07 Å². The number of halogens is 1. The summed E-state index contributed by atoms with van der Waals surface area (Å²) in [6, 6.07) is 5.24. The standard InChI is InChI=1S/C12H15FN2/c1-3-15-8-9(7-14-2)10-5-4-6-11(13)12(10)15/h4-6,8,14H,3,7H2,1-2H3. The van der Waals surface area contributed by atoms with Gasteiger partial charge in [0.2, 0.25) is 0 Å². The van der Waals surface area contributed by atoms with E-state index in [2.05, 4.69) is 5.32 Å². The first-order chi connectivity index (χ1) is 7.27. The molecule has 2 rings (SSSR count). The van der Waals surface area contributed by atoms with Crippen molar-refractivity contribution in [2.75, 3.05) is 7.05 Å². The average molecular weight is 206 g/mol. The van der Waals surface area contributed by atoms with Crippen molar-refractivity contribution in [3.8, 4) is 0 Å². The highest BCUT2D eigenvalue weighted by Gasteiger charge is 2.10. The number of para-hydroxylation sites is 1. The second kappa shape index (κ2) is 4.03. The van der Waals surface area contributed by atoms with Crippen LogP contribution in [-0.2, 0) is 13.1 Å². The molecule has 0 saturated heterocycles.